The molecule has 0 atom stereocenters. The Kier molecular flexibility index (Phi) is 6.66. The Hall–Kier alpha value is -3.45. The average molecular weight is 432 g/mol. The predicted octanol–water partition coefficient (Wildman–Crippen LogP) is 3.53. The molecule has 166 valence electrons. The summed E-state index contributed by atoms with van der Waals surface area (Å²) in [6.45, 7) is 7.97. The van der Waals surface area contributed by atoms with Crippen LogP contribution in [0.2, 0.25) is 0 Å². The van der Waals surface area contributed by atoms with Crippen LogP contribution in [0.15, 0.2) is 54.6 Å². The number of ether oxygens (including phenoxy) is 1. The number of anilines is 2. The van der Waals surface area contributed by atoms with Crippen LogP contribution in [0.25, 0.3) is 11.3 Å². The second kappa shape index (κ2) is 9.78. The van der Waals surface area contributed by atoms with Crippen LogP contribution in [0.3, 0.4) is 0 Å². The first-order chi connectivity index (χ1) is 15.5. The number of hydrogen-bond acceptors (Lipinski definition) is 6. The molecule has 1 fully saturated rings. The highest BCUT2D eigenvalue weighted by Crippen LogP contribution is 2.22. The number of aromatic nitrogens is 2. The molecular formula is C25H29N5O2. The van der Waals surface area contributed by atoms with Crippen molar-refractivity contribution >= 4 is 17.4 Å². The van der Waals surface area contributed by atoms with Crippen LogP contribution in [0.4, 0.5) is 11.5 Å². The van der Waals surface area contributed by atoms with Gasteiger partial charge in [0.05, 0.1) is 5.69 Å². The molecule has 1 aliphatic heterocycles. The van der Waals surface area contributed by atoms with Gasteiger partial charge in [0.2, 0.25) is 0 Å². The van der Waals surface area contributed by atoms with Crippen molar-refractivity contribution < 1.29 is 9.53 Å². The largest absolute Gasteiger partial charge is 0.483 e. The number of nitrogens with one attached hydrogen (secondary N) is 1. The van der Waals surface area contributed by atoms with Crippen molar-refractivity contribution in [3.05, 3.63) is 65.7 Å². The minimum Gasteiger partial charge on any atom is -0.483 e. The highest BCUT2D eigenvalue weighted by molar-refractivity contribution is 5.92. The molecule has 1 saturated heterocycles. The van der Waals surface area contributed by atoms with Gasteiger partial charge in [-0.05, 0) is 62.4 Å². The third-order valence-corrected chi connectivity index (χ3v) is 5.86. The molecule has 2 aromatic carbocycles. The Morgan fingerprint density at radius 2 is 1.72 bits per heavy atom. The topological polar surface area (TPSA) is 70.6 Å². The van der Waals surface area contributed by atoms with Gasteiger partial charge in [0, 0.05) is 37.4 Å². The van der Waals surface area contributed by atoms with Gasteiger partial charge in [0.25, 0.3) is 5.91 Å². The summed E-state index contributed by atoms with van der Waals surface area (Å²) in [5, 5.41) is 11.7. The molecule has 1 aliphatic rings. The first-order valence-corrected chi connectivity index (χ1v) is 10.9. The molecule has 1 N–H and O–H groups in total. The standard InChI is InChI=1S/C25H29N5O2/c1-18-5-4-6-23(19(18)2)32-17-25(31)26-21-9-7-20(8-10-21)22-11-12-24(28-27-22)30-15-13-29(3)14-16-30/h4-12H,13-17H2,1-3H3,(H,26,31). The van der Waals surface area contributed by atoms with E-state index in [1.807, 2.05) is 68.4 Å². The third-order valence-electron chi connectivity index (χ3n) is 5.86. The van der Waals surface area contributed by atoms with Crippen molar-refractivity contribution in [2.24, 2.45) is 0 Å². The Balaban J connectivity index is 1.32. The second-order valence-corrected chi connectivity index (χ2v) is 8.18. The minimum atomic E-state index is -0.199. The average Bonchev–Trinajstić information content (AvgIpc) is 2.81. The Labute approximate surface area is 189 Å². The molecule has 7 nitrogen and oxygen atoms in total. The summed E-state index contributed by atoms with van der Waals surface area (Å²) in [5.41, 5.74) is 4.65. The smallest absolute Gasteiger partial charge is 0.262 e. The maximum Gasteiger partial charge on any atom is 0.262 e. The summed E-state index contributed by atoms with van der Waals surface area (Å²) >= 11 is 0. The van der Waals surface area contributed by atoms with Gasteiger partial charge in [-0.25, -0.2) is 0 Å². The van der Waals surface area contributed by atoms with Crippen LogP contribution < -0.4 is 15.0 Å². The Morgan fingerprint density at radius 1 is 0.969 bits per heavy atom. The number of hydrogen-bond donors (Lipinski definition) is 1. The van der Waals surface area contributed by atoms with Crippen LogP contribution in [0.1, 0.15) is 11.1 Å². The molecule has 0 saturated carbocycles. The zero-order chi connectivity index (χ0) is 22.5. The second-order valence-electron chi connectivity index (χ2n) is 8.18. The lowest BCUT2D eigenvalue weighted by Gasteiger charge is -2.32. The van der Waals surface area contributed by atoms with Gasteiger partial charge in [0.1, 0.15) is 5.75 Å². The van der Waals surface area contributed by atoms with E-state index in [0.717, 1.165) is 60.1 Å². The fourth-order valence-corrected chi connectivity index (χ4v) is 3.63. The van der Waals surface area contributed by atoms with Gasteiger partial charge in [-0.15, -0.1) is 10.2 Å². The fraction of sp³-hybridized carbons (Fsp3) is 0.320. The van der Waals surface area contributed by atoms with Crippen LogP contribution in [0, 0.1) is 13.8 Å². The van der Waals surface area contributed by atoms with E-state index in [-0.39, 0.29) is 12.5 Å². The Bertz CT molecular complexity index is 1060. The van der Waals surface area contributed by atoms with Crippen LogP contribution in [-0.2, 0) is 4.79 Å². The van der Waals surface area contributed by atoms with E-state index in [9.17, 15) is 4.79 Å². The maximum atomic E-state index is 12.3. The molecule has 7 heteroatoms. The number of piperazine rings is 1. The van der Waals surface area contributed by atoms with Crippen molar-refractivity contribution in [1.29, 1.82) is 0 Å². The van der Waals surface area contributed by atoms with Crippen LogP contribution in [-0.4, -0.2) is 60.8 Å². The van der Waals surface area contributed by atoms with E-state index in [1.165, 1.54) is 0 Å². The summed E-state index contributed by atoms with van der Waals surface area (Å²) in [7, 11) is 2.14. The number of benzene rings is 2. The summed E-state index contributed by atoms with van der Waals surface area (Å²) < 4.78 is 5.67. The van der Waals surface area contributed by atoms with Gasteiger partial charge in [-0.3, -0.25) is 4.79 Å². The van der Waals surface area contributed by atoms with E-state index >= 15 is 0 Å². The highest BCUT2D eigenvalue weighted by Gasteiger charge is 2.15. The molecule has 1 amide bonds. The van der Waals surface area contributed by atoms with E-state index in [0.29, 0.717) is 5.69 Å². The quantitative estimate of drug-likeness (QED) is 0.644. The zero-order valence-corrected chi connectivity index (χ0v) is 18.8. The fourth-order valence-electron chi connectivity index (χ4n) is 3.63. The van der Waals surface area contributed by atoms with Crippen molar-refractivity contribution in [1.82, 2.24) is 15.1 Å². The Morgan fingerprint density at radius 3 is 2.41 bits per heavy atom. The van der Waals surface area contributed by atoms with Crippen molar-refractivity contribution in [2.45, 2.75) is 13.8 Å². The van der Waals surface area contributed by atoms with Gasteiger partial charge >= 0.3 is 0 Å². The number of nitrogens with zero attached hydrogens (tertiary/aromatic N) is 4. The maximum absolute atomic E-state index is 12.3. The summed E-state index contributed by atoms with van der Waals surface area (Å²) in [5.74, 6) is 1.44. The highest BCUT2D eigenvalue weighted by atomic mass is 16.5. The number of rotatable bonds is 6. The van der Waals surface area contributed by atoms with Crippen LogP contribution in [0.5, 0.6) is 5.75 Å². The lowest BCUT2D eigenvalue weighted by Crippen LogP contribution is -2.44. The van der Waals surface area contributed by atoms with Crippen molar-refractivity contribution in [2.75, 3.05) is 50.1 Å². The third kappa shape index (κ3) is 5.23. The summed E-state index contributed by atoms with van der Waals surface area (Å²) in [6, 6.07) is 17.4. The van der Waals surface area contributed by atoms with E-state index in [4.69, 9.17) is 4.74 Å². The predicted molar refractivity (Wildman–Crippen MR) is 127 cm³/mol. The summed E-state index contributed by atoms with van der Waals surface area (Å²) in [4.78, 5) is 16.9. The monoisotopic (exact) mass is 431 g/mol. The molecule has 1 aromatic heterocycles. The minimum absolute atomic E-state index is 0.0364. The number of likely N-dealkylation sites (N-methyl/N-ethyl adjacent to an activating group) is 1. The lowest BCUT2D eigenvalue weighted by atomic mass is 10.1. The van der Waals surface area contributed by atoms with Gasteiger partial charge < -0.3 is 19.9 Å². The molecule has 2 heterocycles. The normalized spacial score (nSPS) is 14.3. The zero-order valence-electron chi connectivity index (χ0n) is 18.8. The SMILES string of the molecule is Cc1cccc(OCC(=O)Nc2ccc(-c3ccc(N4CCN(C)CC4)nn3)cc2)c1C. The molecule has 0 spiro atoms. The van der Waals surface area contributed by atoms with E-state index in [2.05, 4.69) is 32.4 Å². The molecular weight excluding hydrogens is 402 g/mol. The summed E-state index contributed by atoms with van der Waals surface area (Å²) in [6.07, 6.45) is 0. The lowest BCUT2D eigenvalue weighted by molar-refractivity contribution is -0.118. The van der Waals surface area contributed by atoms with Crippen molar-refractivity contribution in [3.8, 4) is 17.0 Å². The van der Waals surface area contributed by atoms with E-state index in [1.54, 1.807) is 0 Å². The first-order valence-electron chi connectivity index (χ1n) is 10.9. The molecule has 0 unspecified atom stereocenters. The molecule has 0 aliphatic carbocycles. The van der Waals surface area contributed by atoms with E-state index < -0.39 is 0 Å². The van der Waals surface area contributed by atoms with Gasteiger partial charge in [-0.1, -0.05) is 24.3 Å². The molecule has 3 aromatic rings. The van der Waals surface area contributed by atoms with Gasteiger partial charge in [0.15, 0.2) is 12.4 Å². The van der Waals surface area contributed by atoms with Crippen molar-refractivity contribution in [3.63, 3.8) is 0 Å². The number of carbonyl (C=O) groups excluding carboxylic acids is 1. The first kappa shape index (κ1) is 21.8. The molecule has 4 rings (SSSR count). The molecule has 0 bridgehead atoms. The number of aryl methyl sites for hydroxylation is 1. The van der Waals surface area contributed by atoms with Gasteiger partial charge in [-0.2, -0.15) is 0 Å². The number of amides is 1. The molecule has 32 heavy (non-hydrogen) atoms. The van der Waals surface area contributed by atoms with Crippen LogP contribution >= 0.6 is 0 Å². The number of carbonyl (C=O) groups is 1. The molecule has 0 radical (unpaired) electrons.